The van der Waals surface area contributed by atoms with Crippen LogP contribution in [-0.4, -0.2) is 17.0 Å². The molecule has 1 unspecified atom stereocenters. The number of aliphatic hydroxyl groups is 1. The number of hydrogen-bond donors (Lipinski definition) is 1. The molecule has 1 radical (unpaired) electrons. The van der Waals surface area contributed by atoms with Gasteiger partial charge in [-0.05, 0) is 0 Å². The number of rotatable bonds is 4. The van der Waals surface area contributed by atoms with E-state index in [0.717, 1.165) is 0 Å². The van der Waals surface area contributed by atoms with Crippen molar-refractivity contribution >= 4 is 5.78 Å². The number of carbonyl (C=O) groups is 1. The van der Waals surface area contributed by atoms with E-state index in [1.807, 2.05) is 0 Å². The van der Waals surface area contributed by atoms with Crippen LogP contribution in [0.25, 0.3) is 0 Å². The third-order valence-corrected chi connectivity index (χ3v) is 0.797. The molecule has 0 heterocycles. The summed E-state index contributed by atoms with van der Waals surface area (Å²) in [4.78, 5) is 10.5. The molecule has 0 bridgehead atoms. The van der Waals surface area contributed by atoms with Crippen LogP contribution < -0.4 is 0 Å². The van der Waals surface area contributed by atoms with Crippen molar-refractivity contribution in [2.45, 2.75) is 6.10 Å². The maximum absolute atomic E-state index is 10.5. The van der Waals surface area contributed by atoms with Crippen LogP contribution in [0.5, 0.6) is 0 Å². The molecular formula is C7H9O2. The highest BCUT2D eigenvalue weighted by Crippen LogP contribution is 1.90. The van der Waals surface area contributed by atoms with Crippen LogP contribution in [0, 0.1) is 6.42 Å². The van der Waals surface area contributed by atoms with Crippen LogP contribution in [0.15, 0.2) is 25.3 Å². The Hall–Kier alpha value is -0.890. The Kier molecular flexibility index (Phi) is 3.64. The highest BCUT2D eigenvalue weighted by molar-refractivity contribution is 5.93. The van der Waals surface area contributed by atoms with Gasteiger partial charge in [-0.15, -0.1) is 13.2 Å². The van der Waals surface area contributed by atoms with Crippen molar-refractivity contribution in [3.05, 3.63) is 31.7 Å². The first-order valence-electron chi connectivity index (χ1n) is 2.52. The molecular weight excluding hydrogens is 116 g/mol. The van der Waals surface area contributed by atoms with Gasteiger partial charge in [-0.3, -0.25) is 4.79 Å². The normalized spacial score (nSPS) is 12.1. The zero-order valence-corrected chi connectivity index (χ0v) is 5.08. The van der Waals surface area contributed by atoms with Gasteiger partial charge in [0.05, 0.1) is 6.42 Å². The predicted octanol–water partition coefficient (Wildman–Crippen LogP) is 0.493. The topological polar surface area (TPSA) is 37.3 Å². The van der Waals surface area contributed by atoms with Crippen LogP contribution in [0.1, 0.15) is 0 Å². The number of Topliss-reactive ketones (excluding diaryl/α,β-unsaturated/α-hetero) is 1. The van der Waals surface area contributed by atoms with Gasteiger partial charge in [-0.25, -0.2) is 0 Å². The first-order valence-corrected chi connectivity index (χ1v) is 2.52. The molecule has 2 nitrogen and oxygen atoms in total. The lowest BCUT2D eigenvalue weighted by atomic mass is 10.2. The molecule has 49 valence electrons. The summed E-state index contributed by atoms with van der Waals surface area (Å²) in [5.74, 6) is -0.389. The Morgan fingerprint density at radius 1 is 1.56 bits per heavy atom. The lowest BCUT2D eigenvalue weighted by Gasteiger charge is -1.97. The summed E-state index contributed by atoms with van der Waals surface area (Å²) in [5.41, 5.74) is 0. The Morgan fingerprint density at radius 2 is 2.11 bits per heavy atom. The van der Waals surface area contributed by atoms with Gasteiger partial charge in [-0.1, -0.05) is 12.2 Å². The Balaban J connectivity index is 3.71. The summed E-state index contributed by atoms with van der Waals surface area (Å²) < 4.78 is 0. The first kappa shape index (κ1) is 8.11. The molecule has 0 fully saturated rings. The predicted molar refractivity (Wildman–Crippen MR) is 35.7 cm³/mol. The summed E-state index contributed by atoms with van der Waals surface area (Å²) in [6, 6.07) is 0. The maximum atomic E-state index is 10.5. The summed E-state index contributed by atoms with van der Waals surface area (Å²) in [5, 5.41) is 8.71. The quantitative estimate of drug-likeness (QED) is 0.555. The van der Waals surface area contributed by atoms with Crippen molar-refractivity contribution in [1.29, 1.82) is 0 Å². The van der Waals surface area contributed by atoms with E-state index in [1.54, 1.807) is 0 Å². The van der Waals surface area contributed by atoms with Gasteiger partial charge in [-0.2, -0.15) is 0 Å². The van der Waals surface area contributed by atoms with E-state index in [0.29, 0.717) is 0 Å². The minimum atomic E-state index is -1.08. The van der Waals surface area contributed by atoms with Gasteiger partial charge in [0.15, 0.2) is 5.78 Å². The van der Waals surface area contributed by atoms with Gasteiger partial charge in [0.2, 0.25) is 0 Å². The second kappa shape index (κ2) is 4.04. The molecule has 0 aromatic carbocycles. The van der Waals surface area contributed by atoms with E-state index in [4.69, 9.17) is 5.11 Å². The molecule has 0 rings (SSSR count). The zero-order valence-electron chi connectivity index (χ0n) is 5.08. The average Bonchev–Trinajstić information content (AvgIpc) is 1.87. The van der Waals surface area contributed by atoms with E-state index in [-0.39, 0.29) is 5.78 Å². The third-order valence-electron chi connectivity index (χ3n) is 0.797. The lowest BCUT2D eigenvalue weighted by molar-refractivity contribution is -0.121. The van der Waals surface area contributed by atoms with Crippen molar-refractivity contribution < 1.29 is 9.90 Å². The molecule has 0 aliphatic carbocycles. The highest BCUT2D eigenvalue weighted by Gasteiger charge is 2.07. The zero-order chi connectivity index (χ0) is 7.28. The molecule has 0 spiro atoms. The summed E-state index contributed by atoms with van der Waals surface area (Å²) >= 11 is 0. The number of allylic oxidation sites excluding steroid dienone is 1. The Labute approximate surface area is 54.5 Å². The minimum Gasteiger partial charge on any atom is -0.381 e. The monoisotopic (exact) mass is 125 g/mol. The molecule has 0 aliphatic rings. The Morgan fingerprint density at radius 3 is 2.44 bits per heavy atom. The molecule has 1 atom stereocenters. The van der Waals surface area contributed by atoms with Gasteiger partial charge in [0.1, 0.15) is 6.10 Å². The fourth-order valence-electron chi connectivity index (χ4n) is 0.331. The molecule has 9 heavy (non-hydrogen) atoms. The van der Waals surface area contributed by atoms with Gasteiger partial charge >= 0.3 is 0 Å². The fourth-order valence-corrected chi connectivity index (χ4v) is 0.331. The van der Waals surface area contributed by atoms with E-state index in [1.165, 1.54) is 18.6 Å². The third kappa shape index (κ3) is 2.82. The van der Waals surface area contributed by atoms with Crippen LogP contribution in [-0.2, 0) is 4.79 Å². The van der Waals surface area contributed by atoms with Crippen LogP contribution in [0.4, 0.5) is 0 Å². The molecule has 2 heteroatoms. The van der Waals surface area contributed by atoms with Crippen molar-refractivity contribution in [2.24, 2.45) is 0 Å². The molecule has 0 amide bonds. The largest absolute Gasteiger partial charge is 0.381 e. The van der Waals surface area contributed by atoms with Gasteiger partial charge in [0, 0.05) is 0 Å². The molecule has 0 saturated carbocycles. The number of aliphatic hydroxyl groups excluding tert-OH is 1. The summed E-state index contributed by atoms with van der Waals surface area (Å²) in [6.07, 6.45) is 2.62. The molecule has 0 saturated heterocycles. The lowest BCUT2D eigenvalue weighted by Crippen LogP contribution is -2.16. The minimum absolute atomic E-state index is 0.389. The van der Waals surface area contributed by atoms with Crippen LogP contribution >= 0.6 is 0 Å². The summed E-state index contributed by atoms with van der Waals surface area (Å²) in [7, 11) is 0. The van der Waals surface area contributed by atoms with E-state index in [9.17, 15) is 4.79 Å². The smallest absolute Gasteiger partial charge is 0.173 e. The van der Waals surface area contributed by atoms with Crippen LogP contribution in [0.3, 0.4) is 0 Å². The van der Waals surface area contributed by atoms with E-state index < -0.39 is 6.10 Å². The second-order valence-corrected chi connectivity index (χ2v) is 1.49. The van der Waals surface area contributed by atoms with Gasteiger partial charge < -0.3 is 5.11 Å². The fraction of sp³-hybridized carbons (Fsp3) is 0.143. The van der Waals surface area contributed by atoms with Crippen LogP contribution in [0.2, 0.25) is 0 Å². The Bertz CT molecular complexity index is 127. The number of carbonyl (C=O) groups excluding carboxylic acids is 1. The average molecular weight is 125 g/mol. The first-order chi connectivity index (χ1) is 4.22. The molecule has 0 aliphatic heterocycles. The molecule has 1 N–H and O–H groups in total. The van der Waals surface area contributed by atoms with E-state index in [2.05, 4.69) is 13.2 Å². The van der Waals surface area contributed by atoms with Crippen molar-refractivity contribution in [2.75, 3.05) is 0 Å². The number of ketones is 1. The van der Waals surface area contributed by atoms with Crippen molar-refractivity contribution in [3.63, 3.8) is 0 Å². The standard InChI is InChI=1S/C7H9O2/c1-3-5-7(9)6(8)4-2/h3-6,8H,1-2H2. The van der Waals surface area contributed by atoms with Crippen molar-refractivity contribution in [3.8, 4) is 0 Å². The SMILES string of the molecule is C=C[CH]C(=O)C(O)C=C. The van der Waals surface area contributed by atoms with Crippen molar-refractivity contribution in [1.82, 2.24) is 0 Å². The summed E-state index contributed by atoms with van der Waals surface area (Å²) in [6.45, 7) is 6.53. The van der Waals surface area contributed by atoms with Gasteiger partial charge in [0.25, 0.3) is 0 Å². The highest BCUT2D eigenvalue weighted by atomic mass is 16.3. The molecule has 0 aromatic heterocycles. The number of hydrogen-bond acceptors (Lipinski definition) is 2. The maximum Gasteiger partial charge on any atom is 0.173 e. The molecule has 0 aromatic rings. The van der Waals surface area contributed by atoms with E-state index >= 15 is 0 Å². The second-order valence-electron chi connectivity index (χ2n) is 1.49.